The Balaban J connectivity index is 1.31. The second-order valence-electron chi connectivity index (χ2n) is 8.29. The van der Waals surface area contributed by atoms with E-state index >= 15 is 0 Å². The van der Waals surface area contributed by atoms with Crippen molar-refractivity contribution in [3.8, 4) is 17.0 Å². The van der Waals surface area contributed by atoms with E-state index in [2.05, 4.69) is 57.7 Å². The molecule has 0 spiro atoms. The third-order valence-electron chi connectivity index (χ3n) is 6.10. The molecule has 6 heteroatoms. The summed E-state index contributed by atoms with van der Waals surface area (Å²) in [7, 11) is 0. The summed E-state index contributed by atoms with van der Waals surface area (Å²) in [6.07, 6.45) is 5.52. The van der Waals surface area contributed by atoms with Crippen LogP contribution in [0.5, 0.6) is 5.75 Å². The third-order valence-corrected chi connectivity index (χ3v) is 6.10. The fourth-order valence-electron chi connectivity index (χ4n) is 4.07. The molecule has 6 nitrogen and oxygen atoms in total. The van der Waals surface area contributed by atoms with E-state index in [1.165, 1.54) is 22.7 Å². The van der Waals surface area contributed by atoms with E-state index in [9.17, 15) is 9.90 Å². The Kier molecular flexibility index (Phi) is 5.89. The number of carbonyl (C=O) groups is 1. The Morgan fingerprint density at radius 2 is 1.88 bits per heavy atom. The predicted molar refractivity (Wildman–Crippen MR) is 129 cm³/mol. The SMILES string of the molecule is O=C(O)c1ccc(-c2cc(NCCc3cccc4ccccc34)ncn2)cc1OC1CCC1. The van der Waals surface area contributed by atoms with Crippen molar-refractivity contribution < 1.29 is 14.6 Å². The van der Waals surface area contributed by atoms with Gasteiger partial charge in [-0.05, 0) is 54.2 Å². The lowest BCUT2D eigenvalue weighted by molar-refractivity contribution is 0.0680. The highest BCUT2D eigenvalue weighted by Gasteiger charge is 2.22. The second-order valence-corrected chi connectivity index (χ2v) is 8.29. The van der Waals surface area contributed by atoms with Crippen molar-refractivity contribution in [3.05, 3.63) is 84.2 Å². The first-order valence-corrected chi connectivity index (χ1v) is 11.2. The molecule has 0 amide bonds. The van der Waals surface area contributed by atoms with Gasteiger partial charge >= 0.3 is 5.97 Å². The van der Waals surface area contributed by atoms with Crippen molar-refractivity contribution in [2.45, 2.75) is 31.8 Å². The Morgan fingerprint density at radius 1 is 1.03 bits per heavy atom. The molecule has 0 saturated heterocycles. The Morgan fingerprint density at radius 3 is 2.70 bits per heavy atom. The van der Waals surface area contributed by atoms with Crippen LogP contribution in [0.1, 0.15) is 35.2 Å². The normalized spacial score (nSPS) is 13.5. The summed E-state index contributed by atoms with van der Waals surface area (Å²) >= 11 is 0. The van der Waals surface area contributed by atoms with E-state index in [0.717, 1.165) is 43.6 Å². The molecule has 2 N–H and O–H groups in total. The van der Waals surface area contributed by atoms with Crippen molar-refractivity contribution in [1.82, 2.24) is 9.97 Å². The molecule has 5 rings (SSSR count). The standard InChI is InChI=1S/C27H25N3O3/c31-27(32)23-12-11-20(15-25(23)33-21-8-4-9-21)24-16-26(30-17-29-24)28-14-13-19-7-3-6-18-5-1-2-10-22(18)19/h1-3,5-7,10-12,15-17,21H,4,8-9,13-14H2,(H,31,32)(H,28,29,30). The first-order chi connectivity index (χ1) is 16.2. The van der Waals surface area contributed by atoms with Gasteiger partial charge < -0.3 is 15.2 Å². The quantitative estimate of drug-likeness (QED) is 0.373. The van der Waals surface area contributed by atoms with Crippen LogP contribution in [0.2, 0.25) is 0 Å². The number of benzene rings is 3. The molecule has 0 bridgehead atoms. The average molecular weight is 440 g/mol. The smallest absolute Gasteiger partial charge is 0.339 e. The maximum absolute atomic E-state index is 11.6. The van der Waals surface area contributed by atoms with Crippen LogP contribution in [0.25, 0.3) is 22.0 Å². The topological polar surface area (TPSA) is 84.3 Å². The van der Waals surface area contributed by atoms with Gasteiger partial charge in [0.05, 0.1) is 11.8 Å². The average Bonchev–Trinajstić information content (AvgIpc) is 2.81. The van der Waals surface area contributed by atoms with E-state index in [1.54, 1.807) is 18.2 Å². The maximum Gasteiger partial charge on any atom is 0.339 e. The Labute approximate surface area is 192 Å². The van der Waals surface area contributed by atoms with E-state index < -0.39 is 5.97 Å². The van der Waals surface area contributed by atoms with Crippen LogP contribution in [0.15, 0.2) is 73.1 Å². The van der Waals surface area contributed by atoms with Crippen molar-refractivity contribution in [2.24, 2.45) is 0 Å². The van der Waals surface area contributed by atoms with Crippen molar-refractivity contribution >= 4 is 22.6 Å². The number of carboxylic acids is 1. The minimum atomic E-state index is -0.991. The van der Waals surface area contributed by atoms with Gasteiger partial charge in [0.25, 0.3) is 0 Å². The molecular formula is C27H25N3O3. The molecule has 1 saturated carbocycles. The second kappa shape index (κ2) is 9.28. The van der Waals surface area contributed by atoms with E-state index in [-0.39, 0.29) is 11.7 Å². The van der Waals surface area contributed by atoms with Gasteiger partial charge in [-0.3, -0.25) is 0 Å². The van der Waals surface area contributed by atoms with Crippen LogP contribution in [0.3, 0.4) is 0 Å². The highest BCUT2D eigenvalue weighted by Crippen LogP contribution is 2.31. The number of aromatic nitrogens is 2. The van der Waals surface area contributed by atoms with Crippen LogP contribution < -0.4 is 10.1 Å². The van der Waals surface area contributed by atoms with Crippen molar-refractivity contribution in [1.29, 1.82) is 0 Å². The molecule has 1 aliphatic carbocycles. The Hall–Kier alpha value is -3.93. The summed E-state index contributed by atoms with van der Waals surface area (Å²) in [4.78, 5) is 20.4. The largest absolute Gasteiger partial charge is 0.490 e. The van der Waals surface area contributed by atoms with Crippen LogP contribution in [-0.2, 0) is 6.42 Å². The zero-order valence-electron chi connectivity index (χ0n) is 18.2. The van der Waals surface area contributed by atoms with Crippen LogP contribution in [-0.4, -0.2) is 33.7 Å². The number of anilines is 1. The first-order valence-electron chi connectivity index (χ1n) is 11.2. The predicted octanol–water partition coefficient (Wildman–Crippen LogP) is 5.58. The molecule has 4 aromatic rings. The highest BCUT2D eigenvalue weighted by atomic mass is 16.5. The molecular weight excluding hydrogens is 414 g/mol. The fraction of sp³-hybridized carbons (Fsp3) is 0.222. The van der Waals surface area contributed by atoms with Gasteiger partial charge in [0, 0.05) is 18.2 Å². The van der Waals surface area contributed by atoms with Gasteiger partial charge in [0.1, 0.15) is 23.5 Å². The van der Waals surface area contributed by atoms with Gasteiger partial charge in [-0.1, -0.05) is 48.5 Å². The number of nitrogens with zero attached hydrogens (tertiary/aromatic N) is 2. The van der Waals surface area contributed by atoms with Crippen molar-refractivity contribution in [2.75, 3.05) is 11.9 Å². The van der Waals surface area contributed by atoms with Gasteiger partial charge in [-0.2, -0.15) is 0 Å². The van der Waals surface area contributed by atoms with Gasteiger partial charge in [-0.15, -0.1) is 0 Å². The highest BCUT2D eigenvalue weighted by molar-refractivity contribution is 5.92. The number of hydrogen-bond acceptors (Lipinski definition) is 5. The summed E-state index contributed by atoms with van der Waals surface area (Å²) in [6.45, 7) is 0.735. The van der Waals surface area contributed by atoms with Crippen LogP contribution in [0, 0.1) is 0 Å². The molecule has 1 heterocycles. The summed E-state index contributed by atoms with van der Waals surface area (Å²) in [6, 6.07) is 21.8. The fourth-order valence-corrected chi connectivity index (χ4v) is 4.07. The molecule has 1 fully saturated rings. The number of aromatic carboxylic acids is 1. The van der Waals surface area contributed by atoms with Crippen molar-refractivity contribution in [3.63, 3.8) is 0 Å². The van der Waals surface area contributed by atoms with Gasteiger partial charge in [-0.25, -0.2) is 14.8 Å². The molecule has 1 aromatic heterocycles. The van der Waals surface area contributed by atoms with Crippen LogP contribution in [0.4, 0.5) is 5.82 Å². The molecule has 3 aromatic carbocycles. The lowest BCUT2D eigenvalue weighted by atomic mass is 9.96. The summed E-state index contributed by atoms with van der Waals surface area (Å²) < 4.78 is 5.94. The number of fused-ring (bicyclic) bond motifs is 1. The van der Waals surface area contributed by atoms with E-state index in [0.29, 0.717) is 11.4 Å². The molecule has 0 radical (unpaired) electrons. The minimum Gasteiger partial charge on any atom is -0.490 e. The first kappa shape index (κ1) is 20.9. The van der Waals surface area contributed by atoms with Gasteiger partial charge in [0.15, 0.2) is 0 Å². The molecule has 1 aliphatic rings. The number of nitrogens with one attached hydrogen (secondary N) is 1. The number of hydrogen-bond donors (Lipinski definition) is 2. The summed E-state index contributed by atoms with van der Waals surface area (Å²) in [5.74, 6) is 0.132. The summed E-state index contributed by atoms with van der Waals surface area (Å²) in [5, 5.41) is 15.4. The van der Waals surface area contributed by atoms with Crippen LogP contribution >= 0.6 is 0 Å². The van der Waals surface area contributed by atoms with E-state index in [4.69, 9.17) is 4.74 Å². The lowest BCUT2D eigenvalue weighted by Gasteiger charge is -2.27. The molecule has 0 atom stereocenters. The molecule has 0 aliphatic heterocycles. The zero-order chi connectivity index (χ0) is 22.6. The Bertz CT molecular complexity index is 1300. The summed E-state index contributed by atoms with van der Waals surface area (Å²) in [5.41, 5.74) is 2.98. The molecule has 0 unspecified atom stereocenters. The van der Waals surface area contributed by atoms with E-state index in [1.807, 2.05) is 6.07 Å². The number of carboxylic acid groups (broad SMARTS) is 1. The maximum atomic E-state index is 11.6. The lowest BCUT2D eigenvalue weighted by Crippen LogP contribution is -2.25. The monoisotopic (exact) mass is 439 g/mol. The minimum absolute atomic E-state index is 0.0926. The number of ether oxygens (including phenoxy) is 1. The zero-order valence-corrected chi connectivity index (χ0v) is 18.2. The molecule has 33 heavy (non-hydrogen) atoms. The number of rotatable bonds is 8. The molecule has 166 valence electrons. The third kappa shape index (κ3) is 4.65. The van der Waals surface area contributed by atoms with Gasteiger partial charge in [0.2, 0.25) is 0 Å².